The highest BCUT2D eigenvalue weighted by atomic mass is 16.5. The molecule has 5 nitrogen and oxygen atoms in total. The molecule has 0 radical (unpaired) electrons. The molecule has 1 amide bonds. The maximum absolute atomic E-state index is 12.3. The smallest absolute Gasteiger partial charge is 0.265 e. The quantitative estimate of drug-likeness (QED) is 0.864. The van der Waals surface area contributed by atoms with Crippen molar-refractivity contribution >= 4 is 16.7 Å². The van der Waals surface area contributed by atoms with E-state index in [9.17, 15) is 9.59 Å². The molecule has 1 aromatic carbocycles. The van der Waals surface area contributed by atoms with Crippen molar-refractivity contribution < 1.29 is 9.53 Å². The fourth-order valence-corrected chi connectivity index (χ4v) is 1.91. The number of carbonyl (C=O) groups is 1. The highest BCUT2D eigenvalue weighted by Gasteiger charge is 2.12. The molecule has 2 N–H and O–H groups in total. The lowest BCUT2D eigenvalue weighted by molar-refractivity contribution is 0.0987. The third kappa shape index (κ3) is 2.12. The first kappa shape index (κ1) is 12.3. The molecule has 5 heteroatoms. The number of hydrogen-bond acceptors (Lipinski definition) is 3. The number of fused-ring (bicyclic) bond motifs is 1. The number of nitrogens with two attached hydrogens (primary N) is 1. The highest BCUT2D eigenvalue weighted by Crippen LogP contribution is 2.11. The summed E-state index contributed by atoms with van der Waals surface area (Å²) in [6.07, 6.45) is 0. The van der Waals surface area contributed by atoms with Gasteiger partial charge in [0.1, 0.15) is 5.69 Å². The van der Waals surface area contributed by atoms with Crippen molar-refractivity contribution in [2.75, 3.05) is 13.7 Å². The molecule has 2 aromatic rings. The molecule has 0 saturated heterocycles. The number of ether oxygens (including phenoxy) is 1. The fraction of sp³-hybridized carbons (Fsp3) is 0.231. The van der Waals surface area contributed by atoms with E-state index in [1.165, 1.54) is 11.7 Å². The van der Waals surface area contributed by atoms with Crippen molar-refractivity contribution in [3.63, 3.8) is 0 Å². The van der Waals surface area contributed by atoms with Gasteiger partial charge in [-0.1, -0.05) is 18.2 Å². The maximum atomic E-state index is 12.3. The van der Waals surface area contributed by atoms with Crippen LogP contribution in [0.25, 0.3) is 10.8 Å². The number of nitrogens with zero attached hydrogens (tertiary/aromatic N) is 1. The molecule has 0 atom stereocenters. The third-order valence-corrected chi connectivity index (χ3v) is 2.79. The van der Waals surface area contributed by atoms with Crippen molar-refractivity contribution in [2.45, 2.75) is 6.54 Å². The Labute approximate surface area is 104 Å². The number of aromatic nitrogens is 1. The Kier molecular flexibility index (Phi) is 3.43. The molecule has 0 fully saturated rings. The van der Waals surface area contributed by atoms with Crippen molar-refractivity contribution in [3.05, 3.63) is 46.4 Å². The Morgan fingerprint density at radius 2 is 2.11 bits per heavy atom. The van der Waals surface area contributed by atoms with Gasteiger partial charge in [0.15, 0.2) is 0 Å². The SMILES string of the molecule is COCCn1c(C(N)=O)cc2ccccc2c1=O. The van der Waals surface area contributed by atoms with E-state index in [0.717, 1.165) is 0 Å². The molecule has 0 aliphatic carbocycles. The lowest BCUT2D eigenvalue weighted by Gasteiger charge is -2.11. The van der Waals surface area contributed by atoms with Crippen LogP contribution in [-0.2, 0) is 11.3 Å². The van der Waals surface area contributed by atoms with Crippen molar-refractivity contribution in [1.82, 2.24) is 4.57 Å². The molecule has 0 bridgehead atoms. The van der Waals surface area contributed by atoms with Crippen molar-refractivity contribution in [2.24, 2.45) is 5.73 Å². The van der Waals surface area contributed by atoms with E-state index in [1.807, 2.05) is 6.07 Å². The van der Waals surface area contributed by atoms with Crippen LogP contribution in [0.4, 0.5) is 0 Å². The van der Waals surface area contributed by atoms with Crippen LogP contribution < -0.4 is 11.3 Å². The topological polar surface area (TPSA) is 74.3 Å². The zero-order valence-corrected chi connectivity index (χ0v) is 10.1. The Hall–Kier alpha value is -2.14. The number of pyridine rings is 1. The largest absolute Gasteiger partial charge is 0.383 e. The van der Waals surface area contributed by atoms with Gasteiger partial charge in [-0.05, 0) is 17.5 Å². The van der Waals surface area contributed by atoms with E-state index in [2.05, 4.69) is 0 Å². The van der Waals surface area contributed by atoms with Crippen LogP contribution in [0.15, 0.2) is 35.1 Å². The van der Waals surface area contributed by atoms with Crippen molar-refractivity contribution in [3.8, 4) is 0 Å². The third-order valence-electron chi connectivity index (χ3n) is 2.79. The molecule has 1 aromatic heterocycles. The van der Waals surface area contributed by atoms with E-state index >= 15 is 0 Å². The summed E-state index contributed by atoms with van der Waals surface area (Å²) in [4.78, 5) is 23.7. The lowest BCUT2D eigenvalue weighted by atomic mass is 10.1. The monoisotopic (exact) mass is 246 g/mol. The molecule has 0 spiro atoms. The van der Waals surface area contributed by atoms with Crippen LogP contribution in [0, 0.1) is 0 Å². The minimum Gasteiger partial charge on any atom is -0.383 e. The average molecular weight is 246 g/mol. The summed E-state index contributed by atoms with van der Waals surface area (Å²) in [5.74, 6) is -0.617. The molecular formula is C13H14N2O3. The Bertz CT molecular complexity index is 646. The molecule has 0 unspecified atom stereocenters. The molecular weight excluding hydrogens is 232 g/mol. The minimum absolute atomic E-state index is 0.204. The van der Waals surface area contributed by atoms with E-state index in [4.69, 9.17) is 10.5 Å². The predicted octanol–water partition coefficient (Wildman–Crippen LogP) is 0.747. The van der Waals surface area contributed by atoms with Gasteiger partial charge < -0.3 is 15.0 Å². The van der Waals surface area contributed by atoms with Crippen LogP contribution in [0.5, 0.6) is 0 Å². The lowest BCUT2D eigenvalue weighted by Crippen LogP contribution is -2.30. The summed E-state index contributed by atoms with van der Waals surface area (Å²) in [5, 5.41) is 1.28. The standard InChI is InChI=1S/C13H14N2O3/c1-18-7-6-15-11(12(14)16)8-9-4-2-3-5-10(9)13(15)17/h2-5,8H,6-7H2,1H3,(H2,14,16). The molecule has 0 saturated carbocycles. The van der Waals surface area contributed by atoms with Gasteiger partial charge in [0.05, 0.1) is 6.61 Å². The molecule has 0 aliphatic heterocycles. The second-order valence-electron chi connectivity index (χ2n) is 3.93. The second kappa shape index (κ2) is 5.01. The zero-order valence-electron chi connectivity index (χ0n) is 10.1. The summed E-state index contributed by atoms with van der Waals surface area (Å²) in [6.45, 7) is 0.650. The number of hydrogen-bond donors (Lipinski definition) is 1. The summed E-state index contributed by atoms with van der Waals surface area (Å²) in [7, 11) is 1.54. The highest BCUT2D eigenvalue weighted by molar-refractivity contribution is 5.95. The zero-order chi connectivity index (χ0) is 13.1. The van der Waals surface area contributed by atoms with Crippen LogP contribution in [0.2, 0.25) is 0 Å². The van der Waals surface area contributed by atoms with Crippen molar-refractivity contribution in [1.29, 1.82) is 0 Å². The van der Waals surface area contributed by atoms with Gasteiger partial charge in [0, 0.05) is 19.0 Å². The summed E-state index contributed by atoms with van der Waals surface area (Å²) >= 11 is 0. The number of carbonyl (C=O) groups excluding carboxylic acids is 1. The number of benzene rings is 1. The number of primary amides is 1. The van der Waals surface area contributed by atoms with Gasteiger partial charge >= 0.3 is 0 Å². The van der Waals surface area contributed by atoms with Gasteiger partial charge in [-0.2, -0.15) is 0 Å². The van der Waals surface area contributed by atoms with E-state index in [0.29, 0.717) is 23.9 Å². The van der Waals surface area contributed by atoms with Gasteiger partial charge in [0.2, 0.25) is 0 Å². The Morgan fingerprint density at radius 3 is 2.78 bits per heavy atom. The fourth-order valence-electron chi connectivity index (χ4n) is 1.91. The van der Waals surface area contributed by atoms with Crippen LogP contribution in [0.1, 0.15) is 10.5 Å². The molecule has 1 heterocycles. The first-order chi connectivity index (χ1) is 8.65. The molecule has 0 aliphatic rings. The van der Waals surface area contributed by atoms with Crippen LogP contribution in [0.3, 0.4) is 0 Å². The Morgan fingerprint density at radius 1 is 1.39 bits per heavy atom. The first-order valence-electron chi connectivity index (χ1n) is 5.56. The number of rotatable bonds is 4. The van der Waals surface area contributed by atoms with E-state index in [1.54, 1.807) is 24.3 Å². The summed E-state index contributed by atoms with van der Waals surface area (Å²) in [6, 6.07) is 8.74. The molecule has 94 valence electrons. The average Bonchev–Trinajstić information content (AvgIpc) is 2.37. The maximum Gasteiger partial charge on any atom is 0.265 e. The van der Waals surface area contributed by atoms with Gasteiger partial charge in [0.25, 0.3) is 11.5 Å². The minimum atomic E-state index is -0.617. The van der Waals surface area contributed by atoms with Crippen LogP contribution >= 0.6 is 0 Å². The first-order valence-corrected chi connectivity index (χ1v) is 5.56. The van der Waals surface area contributed by atoms with Crippen LogP contribution in [-0.4, -0.2) is 24.2 Å². The van der Waals surface area contributed by atoms with E-state index in [-0.39, 0.29) is 11.3 Å². The van der Waals surface area contributed by atoms with Gasteiger partial charge in [-0.15, -0.1) is 0 Å². The number of amides is 1. The summed E-state index contributed by atoms with van der Waals surface area (Å²) in [5.41, 5.74) is 5.29. The van der Waals surface area contributed by atoms with E-state index < -0.39 is 5.91 Å². The van der Waals surface area contributed by atoms with Gasteiger partial charge in [-0.25, -0.2) is 0 Å². The number of methoxy groups -OCH3 is 1. The molecule has 18 heavy (non-hydrogen) atoms. The van der Waals surface area contributed by atoms with Gasteiger partial charge in [-0.3, -0.25) is 9.59 Å². The Balaban J connectivity index is 2.71. The predicted molar refractivity (Wildman–Crippen MR) is 68.6 cm³/mol. The molecule has 2 rings (SSSR count). The normalized spacial score (nSPS) is 10.7. The summed E-state index contributed by atoms with van der Waals surface area (Å²) < 4.78 is 6.29. The second-order valence-corrected chi connectivity index (χ2v) is 3.93.